The van der Waals surface area contributed by atoms with Gasteiger partial charge in [-0.05, 0) is 48.5 Å². The first-order valence-electron chi connectivity index (χ1n) is 8.49. The minimum Gasteiger partial charge on any atom is -0.484 e. The molecule has 0 radical (unpaired) electrons. The van der Waals surface area contributed by atoms with Crippen molar-refractivity contribution < 1.29 is 14.3 Å². The molecule has 30 heavy (non-hydrogen) atoms. The number of hydrogen-bond donors (Lipinski definition) is 2. The smallest absolute Gasteiger partial charge is 0.262 e. The van der Waals surface area contributed by atoms with Gasteiger partial charge >= 0.3 is 0 Å². The molecule has 1 amide bonds. The number of rotatable bonds is 6. The number of benzene rings is 3. The average Bonchev–Trinajstić information content (AvgIpc) is 2.67. The van der Waals surface area contributed by atoms with Gasteiger partial charge in [0.25, 0.3) is 5.91 Å². The third-order valence-corrected chi connectivity index (χ3v) is 4.47. The van der Waals surface area contributed by atoms with Crippen molar-refractivity contribution in [3.05, 3.63) is 75.2 Å². The number of carbonyl (C=O) groups is 1. The number of hydrogen-bond acceptors (Lipinski definition) is 5. The normalized spacial score (nSPS) is 10.2. The van der Waals surface area contributed by atoms with Gasteiger partial charge in [-0.1, -0.05) is 34.8 Å². The number of carbonyl (C=O) groups excluding carboxylic acids is 1. The van der Waals surface area contributed by atoms with Crippen LogP contribution in [0.25, 0.3) is 0 Å². The van der Waals surface area contributed by atoms with E-state index in [-0.39, 0.29) is 6.61 Å². The number of nitriles is 1. The van der Waals surface area contributed by atoms with Crippen LogP contribution < -0.4 is 20.5 Å². The van der Waals surface area contributed by atoms with Crippen molar-refractivity contribution in [2.45, 2.75) is 0 Å². The summed E-state index contributed by atoms with van der Waals surface area (Å²) in [5.41, 5.74) is 6.90. The quantitative estimate of drug-likeness (QED) is 0.444. The number of amides is 1. The van der Waals surface area contributed by atoms with E-state index >= 15 is 0 Å². The van der Waals surface area contributed by atoms with Crippen molar-refractivity contribution in [1.82, 2.24) is 0 Å². The van der Waals surface area contributed by atoms with E-state index in [0.717, 1.165) is 0 Å². The van der Waals surface area contributed by atoms with Crippen molar-refractivity contribution in [2.75, 3.05) is 17.7 Å². The van der Waals surface area contributed by atoms with Gasteiger partial charge in [0, 0.05) is 21.8 Å². The standard InChI is InChI=1S/C21H14Cl3N3O3/c22-13-3-12(10-25)4-17(6-13)30-18-7-14(23)5-16(9-18)29-11-21(28)27-20-2-1-15(26)8-19(20)24/h1-9H,11,26H2,(H,27,28). The highest BCUT2D eigenvalue weighted by Gasteiger charge is 2.10. The molecule has 0 aliphatic carbocycles. The highest BCUT2D eigenvalue weighted by molar-refractivity contribution is 6.34. The van der Waals surface area contributed by atoms with Crippen molar-refractivity contribution in [3.8, 4) is 23.3 Å². The fraction of sp³-hybridized carbons (Fsp3) is 0.0476. The number of halogens is 3. The number of nitrogens with zero attached hydrogens (tertiary/aromatic N) is 1. The largest absolute Gasteiger partial charge is 0.484 e. The maximum atomic E-state index is 12.2. The van der Waals surface area contributed by atoms with Gasteiger partial charge in [0.15, 0.2) is 6.61 Å². The van der Waals surface area contributed by atoms with Crippen molar-refractivity contribution >= 4 is 52.1 Å². The summed E-state index contributed by atoms with van der Waals surface area (Å²) >= 11 is 18.1. The molecule has 3 aromatic rings. The van der Waals surface area contributed by atoms with Crippen molar-refractivity contribution in [2.24, 2.45) is 0 Å². The Kier molecular flexibility index (Phi) is 6.91. The molecule has 0 aliphatic rings. The van der Waals surface area contributed by atoms with Gasteiger partial charge in [0.1, 0.15) is 17.2 Å². The molecule has 3 N–H and O–H groups in total. The predicted molar refractivity (Wildman–Crippen MR) is 118 cm³/mol. The first-order chi connectivity index (χ1) is 14.3. The predicted octanol–water partition coefficient (Wildman–Crippen LogP) is 5.91. The van der Waals surface area contributed by atoms with Crippen LogP contribution in [0, 0.1) is 11.3 Å². The van der Waals surface area contributed by atoms with Gasteiger partial charge in [0.05, 0.1) is 22.3 Å². The Hall–Kier alpha value is -3.11. The number of nitrogens with two attached hydrogens (primary N) is 1. The Morgan fingerprint density at radius 3 is 2.33 bits per heavy atom. The van der Waals surface area contributed by atoms with Crippen LogP contribution >= 0.6 is 34.8 Å². The lowest BCUT2D eigenvalue weighted by Gasteiger charge is -2.12. The molecule has 3 aromatic carbocycles. The third-order valence-electron chi connectivity index (χ3n) is 3.72. The van der Waals surface area contributed by atoms with Gasteiger partial charge < -0.3 is 20.5 Å². The summed E-state index contributed by atoms with van der Waals surface area (Å²) in [6.45, 7) is -0.282. The topological polar surface area (TPSA) is 97.4 Å². The summed E-state index contributed by atoms with van der Waals surface area (Å²) in [7, 11) is 0. The monoisotopic (exact) mass is 461 g/mol. The zero-order chi connectivity index (χ0) is 21.7. The second-order valence-electron chi connectivity index (χ2n) is 6.09. The van der Waals surface area contributed by atoms with E-state index in [1.807, 2.05) is 6.07 Å². The van der Waals surface area contributed by atoms with Crippen molar-refractivity contribution in [3.63, 3.8) is 0 Å². The molecular formula is C21H14Cl3N3O3. The number of anilines is 2. The number of ether oxygens (including phenoxy) is 2. The lowest BCUT2D eigenvalue weighted by molar-refractivity contribution is -0.118. The Balaban J connectivity index is 1.67. The van der Waals surface area contributed by atoms with Crippen LogP contribution in [0.5, 0.6) is 17.2 Å². The van der Waals surface area contributed by atoms with Crippen LogP contribution in [0.1, 0.15) is 5.56 Å². The van der Waals surface area contributed by atoms with E-state index in [1.165, 1.54) is 24.3 Å². The minimum absolute atomic E-state index is 0.282. The summed E-state index contributed by atoms with van der Waals surface area (Å²) < 4.78 is 11.2. The SMILES string of the molecule is N#Cc1cc(Cl)cc(Oc2cc(Cl)cc(OCC(=O)Nc3ccc(N)cc3Cl)c2)c1. The highest BCUT2D eigenvalue weighted by Crippen LogP contribution is 2.31. The molecule has 0 heterocycles. The molecule has 0 aromatic heterocycles. The molecule has 0 saturated carbocycles. The van der Waals surface area contributed by atoms with Crippen molar-refractivity contribution in [1.29, 1.82) is 5.26 Å². The number of nitrogen functional groups attached to an aromatic ring is 1. The Morgan fingerprint density at radius 1 is 0.967 bits per heavy atom. The molecule has 0 bridgehead atoms. The molecule has 3 rings (SSSR count). The van der Waals surface area contributed by atoms with Crippen LogP contribution in [0.2, 0.25) is 15.1 Å². The molecule has 0 fully saturated rings. The number of nitrogens with one attached hydrogen (secondary N) is 1. The molecule has 0 spiro atoms. The third kappa shape index (κ3) is 5.94. The molecule has 9 heteroatoms. The molecule has 0 aliphatic heterocycles. The van der Waals surface area contributed by atoms with E-state index in [2.05, 4.69) is 5.32 Å². The second-order valence-corrected chi connectivity index (χ2v) is 7.37. The summed E-state index contributed by atoms with van der Waals surface area (Å²) in [5, 5.41) is 12.7. The van der Waals surface area contributed by atoms with Gasteiger partial charge in [-0.25, -0.2) is 0 Å². The lowest BCUT2D eigenvalue weighted by atomic mass is 10.2. The maximum Gasteiger partial charge on any atom is 0.262 e. The van der Waals surface area contributed by atoms with Crippen LogP contribution in [0.4, 0.5) is 11.4 Å². The van der Waals surface area contributed by atoms with Crippen LogP contribution in [-0.4, -0.2) is 12.5 Å². The van der Waals surface area contributed by atoms with E-state index < -0.39 is 5.91 Å². The fourth-order valence-electron chi connectivity index (χ4n) is 2.47. The fourth-order valence-corrected chi connectivity index (χ4v) is 3.15. The van der Waals surface area contributed by atoms with Crippen LogP contribution in [0.3, 0.4) is 0 Å². The summed E-state index contributed by atoms with van der Waals surface area (Å²) in [6, 6.07) is 16.0. The molecule has 0 unspecified atom stereocenters. The zero-order valence-corrected chi connectivity index (χ0v) is 17.6. The van der Waals surface area contributed by atoms with E-state index in [1.54, 1.807) is 30.3 Å². The Morgan fingerprint density at radius 2 is 1.63 bits per heavy atom. The Labute approximate surface area is 187 Å². The summed E-state index contributed by atoms with van der Waals surface area (Å²) in [6.07, 6.45) is 0. The van der Waals surface area contributed by atoms with E-state index in [4.69, 9.17) is 55.3 Å². The molecule has 6 nitrogen and oxygen atoms in total. The molecule has 0 saturated heterocycles. The summed E-state index contributed by atoms with van der Waals surface area (Å²) in [4.78, 5) is 12.2. The van der Waals surface area contributed by atoms with Gasteiger partial charge in [0.2, 0.25) is 0 Å². The first-order valence-corrected chi connectivity index (χ1v) is 9.62. The van der Waals surface area contributed by atoms with E-state index in [9.17, 15) is 4.79 Å². The van der Waals surface area contributed by atoms with Crippen LogP contribution in [-0.2, 0) is 4.79 Å². The molecule has 0 atom stereocenters. The second kappa shape index (κ2) is 9.59. The first kappa shape index (κ1) is 21.6. The Bertz CT molecular complexity index is 1150. The van der Waals surface area contributed by atoms with E-state index in [0.29, 0.717) is 49.3 Å². The van der Waals surface area contributed by atoms with Gasteiger partial charge in [-0.3, -0.25) is 4.79 Å². The summed E-state index contributed by atoms with van der Waals surface area (Å²) in [5.74, 6) is 0.616. The average molecular weight is 463 g/mol. The van der Waals surface area contributed by atoms with Crippen LogP contribution in [0.15, 0.2) is 54.6 Å². The minimum atomic E-state index is -0.419. The van der Waals surface area contributed by atoms with Gasteiger partial charge in [-0.15, -0.1) is 0 Å². The zero-order valence-electron chi connectivity index (χ0n) is 15.3. The maximum absolute atomic E-state index is 12.2. The molecular weight excluding hydrogens is 449 g/mol. The highest BCUT2D eigenvalue weighted by atomic mass is 35.5. The van der Waals surface area contributed by atoms with Gasteiger partial charge in [-0.2, -0.15) is 5.26 Å². The molecule has 152 valence electrons. The lowest BCUT2D eigenvalue weighted by Crippen LogP contribution is -2.20.